The molecule has 0 bridgehead atoms. The van der Waals surface area contributed by atoms with Gasteiger partial charge in [0.25, 0.3) is 5.56 Å². The minimum absolute atomic E-state index is 0.0900. The first-order valence-corrected chi connectivity index (χ1v) is 12.7. The summed E-state index contributed by atoms with van der Waals surface area (Å²) in [5, 5.41) is 8.65. The van der Waals surface area contributed by atoms with Crippen LogP contribution in [0.3, 0.4) is 0 Å². The van der Waals surface area contributed by atoms with Crippen LogP contribution in [0.1, 0.15) is 29.3 Å². The number of aromatic nitrogens is 3. The summed E-state index contributed by atoms with van der Waals surface area (Å²) in [5.74, 6) is 1.62. The fourth-order valence-corrected chi connectivity index (χ4v) is 6.08. The van der Waals surface area contributed by atoms with Crippen molar-refractivity contribution < 1.29 is 9.32 Å². The van der Waals surface area contributed by atoms with Crippen LogP contribution < -0.4 is 5.56 Å². The third-order valence-corrected chi connectivity index (χ3v) is 7.92. The Bertz CT molecular complexity index is 1310. The summed E-state index contributed by atoms with van der Waals surface area (Å²) < 4.78 is 5.19. The van der Waals surface area contributed by atoms with E-state index >= 15 is 0 Å². The number of rotatable bonds is 6. The van der Waals surface area contributed by atoms with E-state index < -0.39 is 0 Å². The number of nitrogens with zero attached hydrogens (tertiary/aromatic N) is 4. The van der Waals surface area contributed by atoms with E-state index in [1.54, 1.807) is 11.3 Å². The maximum absolute atomic E-state index is 12.8. The number of carbonyl (C=O) groups is 1. The van der Waals surface area contributed by atoms with E-state index in [1.807, 2.05) is 41.6 Å². The molecule has 33 heavy (non-hydrogen) atoms. The maximum atomic E-state index is 12.8. The van der Waals surface area contributed by atoms with Gasteiger partial charge in [0.15, 0.2) is 0 Å². The van der Waals surface area contributed by atoms with E-state index in [4.69, 9.17) is 9.51 Å². The van der Waals surface area contributed by atoms with Crippen LogP contribution in [0.2, 0.25) is 0 Å². The van der Waals surface area contributed by atoms with Crippen LogP contribution in [-0.4, -0.2) is 57.0 Å². The molecule has 0 radical (unpaired) electrons. The van der Waals surface area contributed by atoms with Crippen LogP contribution in [0.4, 0.5) is 0 Å². The summed E-state index contributed by atoms with van der Waals surface area (Å²) in [5.41, 5.74) is 2.75. The first-order valence-electron chi connectivity index (χ1n) is 11.0. The average Bonchev–Trinajstić information content (AvgIpc) is 3.54. The van der Waals surface area contributed by atoms with Crippen molar-refractivity contribution in [1.82, 2.24) is 24.9 Å². The molecule has 4 aromatic rings. The Labute approximate surface area is 198 Å². The maximum Gasteiger partial charge on any atom is 0.260 e. The normalized spacial score (nSPS) is 14.9. The molecule has 0 spiro atoms. The van der Waals surface area contributed by atoms with E-state index in [2.05, 4.69) is 15.0 Å². The molecular formula is C23H25N5O3S2. The summed E-state index contributed by atoms with van der Waals surface area (Å²) in [6.45, 7) is 7.21. The zero-order valence-electron chi connectivity index (χ0n) is 18.6. The zero-order chi connectivity index (χ0) is 22.9. The molecule has 172 valence electrons. The molecule has 1 N–H and O–H groups in total. The molecule has 1 aliphatic heterocycles. The van der Waals surface area contributed by atoms with Crippen molar-refractivity contribution in [3.63, 3.8) is 0 Å². The molecule has 8 nitrogen and oxygen atoms in total. The van der Waals surface area contributed by atoms with Gasteiger partial charge in [-0.3, -0.25) is 14.5 Å². The first kappa shape index (κ1) is 22.0. The number of piperazine rings is 1. The Morgan fingerprint density at radius 1 is 1.21 bits per heavy atom. The fourth-order valence-electron chi connectivity index (χ4n) is 4.30. The van der Waals surface area contributed by atoms with Gasteiger partial charge in [0.05, 0.1) is 17.6 Å². The van der Waals surface area contributed by atoms with E-state index in [0.29, 0.717) is 43.7 Å². The van der Waals surface area contributed by atoms with Gasteiger partial charge in [0, 0.05) is 54.0 Å². The van der Waals surface area contributed by atoms with Crippen molar-refractivity contribution in [3.8, 4) is 10.4 Å². The highest BCUT2D eigenvalue weighted by molar-refractivity contribution is 7.18. The van der Waals surface area contributed by atoms with Gasteiger partial charge >= 0.3 is 0 Å². The van der Waals surface area contributed by atoms with Crippen molar-refractivity contribution in [1.29, 1.82) is 0 Å². The second-order valence-corrected chi connectivity index (χ2v) is 10.1. The summed E-state index contributed by atoms with van der Waals surface area (Å²) in [7, 11) is 0. The lowest BCUT2D eigenvalue weighted by atomic mass is 10.1. The number of fused-ring (bicyclic) bond motifs is 1. The Morgan fingerprint density at radius 3 is 2.73 bits per heavy atom. The van der Waals surface area contributed by atoms with Gasteiger partial charge in [0.1, 0.15) is 16.4 Å². The smallest absolute Gasteiger partial charge is 0.260 e. The zero-order valence-corrected chi connectivity index (χ0v) is 20.2. The van der Waals surface area contributed by atoms with Crippen LogP contribution in [0.25, 0.3) is 20.7 Å². The van der Waals surface area contributed by atoms with Crippen molar-refractivity contribution in [2.45, 2.75) is 33.2 Å². The van der Waals surface area contributed by atoms with Gasteiger partial charge in [-0.25, -0.2) is 4.98 Å². The van der Waals surface area contributed by atoms with Gasteiger partial charge in [-0.1, -0.05) is 11.2 Å². The molecular weight excluding hydrogens is 458 g/mol. The second-order valence-electron chi connectivity index (χ2n) is 8.28. The van der Waals surface area contributed by atoms with E-state index in [1.165, 1.54) is 11.3 Å². The molecule has 0 aliphatic carbocycles. The van der Waals surface area contributed by atoms with Crippen LogP contribution in [-0.2, 0) is 17.8 Å². The van der Waals surface area contributed by atoms with E-state index in [0.717, 1.165) is 45.4 Å². The monoisotopic (exact) mass is 483 g/mol. The lowest BCUT2D eigenvalue weighted by Gasteiger charge is -2.34. The number of aryl methyl sites for hydroxylation is 2. The molecule has 1 amide bonds. The van der Waals surface area contributed by atoms with Gasteiger partial charge in [-0.2, -0.15) is 0 Å². The number of nitrogens with one attached hydrogen (secondary N) is 1. The molecule has 1 saturated heterocycles. The number of hydrogen-bond donors (Lipinski definition) is 1. The molecule has 1 aliphatic rings. The largest absolute Gasteiger partial charge is 0.361 e. The Balaban J connectivity index is 1.19. The minimum atomic E-state index is -0.0900. The summed E-state index contributed by atoms with van der Waals surface area (Å²) >= 11 is 3.13. The molecule has 0 aromatic carbocycles. The number of hydrogen-bond acceptors (Lipinski definition) is 8. The summed E-state index contributed by atoms with van der Waals surface area (Å²) in [4.78, 5) is 39.2. The molecule has 0 unspecified atom stereocenters. The predicted octanol–water partition coefficient (Wildman–Crippen LogP) is 3.59. The molecule has 0 atom stereocenters. The lowest BCUT2D eigenvalue weighted by molar-refractivity contribution is -0.133. The fraction of sp³-hybridized carbons (Fsp3) is 0.391. The topological polar surface area (TPSA) is 95.3 Å². The highest BCUT2D eigenvalue weighted by Gasteiger charge is 2.23. The third kappa shape index (κ3) is 4.50. The SMILES string of the molecule is Cc1noc(C)c1CCC(=O)N1CCN(Cc2nc3scc(-c4cccs4)c3c(=O)[nH]2)CC1. The van der Waals surface area contributed by atoms with Crippen molar-refractivity contribution >= 4 is 38.8 Å². The number of amides is 1. The number of thiophene rings is 2. The van der Waals surface area contributed by atoms with Gasteiger partial charge in [-0.15, -0.1) is 22.7 Å². The molecule has 4 aromatic heterocycles. The van der Waals surface area contributed by atoms with Crippen LogP contribution in [0.15, 0.2) is 32.2 Å². The molecule has 1 fully saturated rings. The first-order chi connectivity index (χ1) is 16.0. The number of H-pyrrole nitrogens is 1. The lowest BCUT2D eigenvalue weighted by Crippen LogP contribution is -2.48. The predicted molar refractivity (Wildman–Crippen MR) is 130 cm³/mol. The van der Waals surface area contributed by atoms with Crippen molar-refractivity contribution in [3.05, 3.63) is 56.1 Å². The van der Waals surface area contributed by atoms with Crippen molar-refractivity contribution in [2.24, 2.45) is 0 Å². The molecule has 10 heteroatoms. The van der Waals surface area contributed by atoms with Gasteiger partial charge in [0.2, 0.25) is 5.91 Å². The second kappa shape index (κ2) is 9.20. The van der Waals surface area contributed by atoms with E-state index in [9.17, 15) is 9.59 Å². The van der Waals surface area contributed by atoms with Crippen LogP contribution in [0, 0.1) is 13.8 Å². The minimum Gasteiger partial charge on any atom is -0.361 e. The molecule has 0 saturated carbocycles. The van der Waals surface area contributed by atoms with Crippen LogP contribution >= 0.6 is 22.7 Å². The Hall–Kier alpha value is -2.82. The average molecular weight is 484 g/mol. The van der Waals surface area contributed by atoms with E-state index in [-0.39, 0.29) is 11.5 Å². The number of aromatic amines is 1. The van der Waals surface area contributed by atoms with Gasteiger partial charge in [-0.05, 0) is 31.7 Å². The molecule has 5 rings (SSSR count). The Kier molecular flexibility index (Phi) is 6.13. The quantitative estimate of drug-likeness (QED) is 0.450. The van der Waals surface area contributed by atoms with Crippen molar-refractivity contribution in [2.75, 3.05) is 26.2 Å². The van der Waals surface area contributed by atoms with Gasteiger partial charge < -0.3 is 14.4 Å². The summed E-state index contributed by atoms with van der Waals surface area (Å²) in [6, 6.07) is 4.01. The highest BCUT2D eigenvalue weighted by atomic mass is 32.1. The highest BCUT2D eigenvalue weighted by Crippen LogP contribution is 2.33. The van der Waals surface area contributed by atoms with Crippen LogP contribution in [0.5, 0.6) is 0 Å². The molecule has 5 heterocycles. The third-order valence-electron chi connectivity index (χ3n) is 6.15. The Morgan fingerprint density at radius 2 is 2.03 bits per heavy atom. The number of carbonyl (C=O) groups excluding carboxylic acids is 1. The summed E-state index contributed by atoms with van der Waals surface area (Å²) in [6.07, 6.45) is 1.11. The standard InChI is InChI=1S/C23H25N5O3S2/c1-14-16(15(2)31-26-14)5-6-20(29)28-9-7-27(8-10-28)12-19-24-22(30)21-17(13-33-23(21)25-19)18-4-3-11-32-18/h3-4,11,13H,5-10,12H2,1-2H3,(H,24,25,30).